The molecule has 0 aliphatic carbocycles. The number of methoxy groups -OCH3 is 2. The van der Waals surface area contributed by atoms with Crippen LogP contribution in [0.2, 0.25) is 0 Å². The van der Waals surface area contributed by atoms with Crippen LogP contribution in [0.5, 0.6) is 11.5 Å². The van der Waals surface area contributed by atoms with E-state index in [0.29, 0.717) is 35.3 Å². The first-order valence-electron chi connectivity index (χ1n) is 13.4. The SMILES string of the molecule is COc1ccc(CN)cc1.COc1cccc(CNC(=O)c2ccc3ncn(Cc4ccc(C(=O)O)cc4)c(=O)c3c2)c1. The molecule has 10 nitrogen and oxygen atoms in total. The smallest absolute Gasteiger partial charge is 0.335 e. The zero-order valence-corrected chi connectivity index (χ0v) is 23.8. The third-order valence-corrected chi connectivity index (χ3v) is 6.62. The van der Waals surface area contributed by atoms with E-state index >= 15 is 0 Å². The number of amides is 1. The predicted molar refractivity (Wildman–Crippen MR) is 164 cm³/mol. The van der Waals surface area contributed by atoms with Crippen LogP contribution in [0.4, 0.5) is 0 Å². The molecule has 0 bridgehead atoms. The number of nitrogens with two attached hydrogens (primary N) is 1. The van der Waals surface area contributed by atoms with Crippen molar-refractivity contribution in [3.8, 4) is 11.5 Å². The van der Waals surface area contributed by atoms with Crippen LogP contribution in [0.15, 0.2) is 102 Å². The molecule has 0 unspecified atom stereocenters. The summed E-state index contributed by atoms with van der Waals surface area (Å²) in [5.41, 5.74) is 8.90. The third kappa shape index (κ3) is 8.05. The molecule has 4 N–H and O–H groups in total. The Labute approximate surface area is 248 Å². The zero-order chi connectivity index (χ0) is 30.8. The van der Waals surface area contributed by atoms with Crippen molar-refractivity contribution in [1.29, 1.82) is 0 Å². The second kappa shape index (κ2) is 14.4. The quantitative estimate of drug-likeness (QED) is 0.235. The molecule has 5 rings (SSSR count). The van der Waals surface area contributed by atoms with E-state index in [1.807, 2.05) is 48.5 Å². The van der Waals surface area contributed by atoms with E-state index in [2.05, 4.69) is 10.3 Å². The number of carbonyl (C=O) groups is 2. The van der Waals surface area contributed by atoms with Gasteiger partial charge in [0.05, 0.1) is 43.6 Å². The molecular weight excluding hydrogens is 548 g/mol. The first kappa shape index (κ1) is 30.5. The maximum Gasteiger partial charge on any atom is 0.335 e. The van der Waals surface area contributed by atoms with Crippen molar-refractivity contribution in [2.75, 3.05) is 14.2 Å². The van der Waals surface area contributed by atoms with Gasteiger partial charge in [0.1, 0.15) is 11.5 Å². The summed E-state index contributed by atoms with van der Waals surface area (Å²) in [4.78, 5) is 41.0. The topological polar surface area (TPSA) is 146 Å². The van der Waals surface area contributed by atoms with Gasteiger partial charge in [0, 0.05) is 18.7 Å². The molecule has 4 aromatic carbocycles. The van der Waals surface area contributed by atoms with Gasteiger partial charge in [-0.3, -0.25) is 14.2 Å². The Morgan fingerprint density at radius 1 is 0.837 bits per heavy atom. The van der Waals surface area contributed by atoms with Crippen molar-refractivity contribution in [1.82, 2.24) is 14.9 Å². The number of rotatable bonds is 9. The predicted octanol–water partition coefficient (Wildman–Crippen LogP) is 4.24. The van der Waals surface area contributed by atoms with Crippen LogP contribution in [0.3, 0.4) is 0 Å². The number of carboxylic acid groups (broad SMARTS) is 1. The first-order chi connectivity index (χ1) is 20.8. The highest BCUT2D eigenvalue weighted by molar-refractivity contribution is 5.97. The Morgan fingerprint density at radius 2 is 1.51 bits per heavy atom. The Hall–Kier alpha value is -5.48. The minimum atomic E-state index is -1.01. The van der Waals surface area contributed by atoms with E-state index in [1.54, 1.807) is 38.5 Å². The largest absolute Gasteiger partial charge is 0.497 e. The zero-order valence-electron chi connectivity index (χ0n) is 23.8. The normalized spacial score (nSPS) is 10.4. The molecule has 0 aliphatic heterocycles. The molecule has 43 heavy (non-hydrogen) atoms. The second-order valence-corrected chi connectivity index (χ2v) is 9.50. The van der Waals surface area contributed by atoms with Crippen LogP contribution >= 0.6 is 0 Å². The van der Waals surface area contributed by atoms with E-state index < -0.39 is 5.97 Å². The highest BCUT2D eigenvalue weighted by atomic mass is 16.5. The van der Waals surface area contributed by atoms with Crippen LogP contribution in [-0.4, -0.2) is 40.8 Å². The Kier molecular flexibility index (Phi) is 10.2. The van der Waals surface area contributed by atoms with Crippen LogP contribution in [0.1, 0.15) is 37.4 Å². The number of nitrogens with zero attached hydrogens (tertiary/aromatic N) is 2. The molecule has 1 heterocycles. The first-order valence-corrected chi connectivity index (χ1v) is 13.4. The fraction of sp³-hybridized carbons (Fsp3) is 0.152. The number of benzene rings is 4. The minimum Gasteiger partial charge on any atom is -0.497 e. The maximum absolute atomic E-state index is 13.0. The molecule has 0 atom stereocenters. The molecule has 0 fully saturated rings. The van der Waals surface area contributed by atoms with E-state index in [0.717, 1.165) is 22.4 Å². The van der Waals surface area contributed by atoms with Crippen LogP contribution in [-0.2, 0) is 19.6 Å². The molecule has 1 aromatic heterocycles. The number of hydrogen-bond acceptors (Lipinski definition) is 7. The summed E-state index contributed by atoms with van der Waals surface area (Å²) >= 11 is 0. The van der Waals surface area contributed by atoms with E-state index in [-0.39, 0.29) is 23.6 Å². The number of aromatic nitrogens is 2. The van der Waals surface area contributed by atoms with Gasteiger partial charge < -0.3 is 25.6 Å². The molecule has 0 saturated heterocycles. The number of nitrogens with one attached hydrogen (secondary N) is 1. The summed E-state index contributed by atoms with van der Waals surface area (Å²) in [5, 5.41) is 12.2. The third-order valence-electron chi connectivity index (χ3n) is 6.62. The van der Waals surface area contributed by atoms with E-state index in [1.165, 1.54) is 29.1 Å². The summed E-state index contributed by atoms with van der Waals surface area (Å²) in [6.45, 7) is 1.13. The van der Waals surface area contributed by atoms with Gasteiger partial charge >= 0.3 is 5.97 Å². The van der Waals surface area contributed by atoms with Crippen molar-refractivity contribution in [3.63, 3.8) is 0 Å². The summed E-state index contributed by atoms with van der Waals surface area (Å²) in [6, 6.07) is 26.2. The molecule has 0 saturated carbocycles. The molecule has 0 spiro atoms. The number of carboxylic acids is 1. The number of ether oxygens (including phenoxy) is 2. The Morgan fingerprint density at radius 3 is 2.16 bits per heavy atom. The molecule has 5 aromatic rings. The summed E-state index contributed by atoms with van der Waals surface area (Å²) in [6.07, 6.45) is 1.44. The van der Waals surface area contributed by atoms with Crippen molar-refractivity contribution in [2.45, 2.75) is 19.6 Å². The van der Waals surface area contributed by atoms with Gasteiger partial charge in [-0.1, -0.05) is 36.4 Å². The summed E-state index contributed by atoms with van der Waals surface area (Å²) in [7, 11) is 3.23. The number of aromatic carboxylic acids is 1. The van der Waals surface area contributed by atoms with Crippen LogP contribution in [0.25, 0.3) is 10.9 Å². The lowest BCUT2D eigenvalue weighted by Gasteiger charge is -2.09. The minimum absolute atomic E-state index is 0.173. The van der Waals surface area contributed by atoms with Crippen LogP contribution < -0.4 is 26.1 Å². The van der Waals surface area contributed by atoms with Crippen molar-refractivity contribution >= 4 is 22.8 Å². The van der Waals surface area contributed by atoms with Crippen molar-refractivity contribution in [2.24, 2.45) is 5.73 Å². The highest BCUT2D eigenvalue weighted by Gasteiger charge is 2.11. The van der Waals surface area contributed by atoms with Gasteiger partial charge in [-0.25, -0.2) is 9.78 Å². The summed E-state index contributed by atoms with van der Waals surface area (Å²) < 4.78 is 11.6. The summed E-state index contributed by atoms with van der Waals surface area (Å²) in [5.74, 6) is 0.260. The van der Waals surface area contributed by atoms with Gasteiger partial charge in [-0.05, 0) is 71.3 Å². The lowest BCUT2D eigenvalue weighted by molar-refractivity contribution is 0.0696. The number of carbonyl (C=O) groups excluding carboxylic acids is 1. The molecule has 0 radical (unpaired) electrons. The lowest BCUT2D eigenvalue weighted by atomic mass is 10.1. The van der Waals surface area contributed by atoms with Gasteiger partial charge in [0.2, 0.25) is 0 Å². The fourth-order valence-corrected chi connectivity index (χ4v) is 4.19. The van der Waals surface area contributed by atoms with Crippen LogP contribution in [0, 0.1) is 0 Å². The highest BCUT2D eigenvalue weighted by Crippen LogP contribution is 2.14. The molecule has 220 valence electrons. The average Bonchev–Trinajstić information content (AvgIpc) is 3.05. The molecule has 10 heteroatoms. The molecule has 1 amide bonds. The lowest BCUT2D eigenvalue weighted by Crippen LogP contribution is -2.24. The standard InChI is InChI=1S/C25H21N3O5.C8H11NO/c1-33-20-4-2-3-17(11-20)13-26-23(29)19-9-10-22-21(12-19)24(30)28(15-27-22)14-16-5-7-18(8-6-16)25(31)32;1-10-8-4-2-7(6-9)3-5-8/h2-12,15H,13-14H2,1H3,(H,26,29)(H,31,32);2-5H,6,9H2,1H3. The number of hydrogen-bond donors (Lipinski definition) is 3. The van der Waals surface area contributed by atoms with E-state index in [9.17, 15) is 14.4 Å². The van der Waals surface area contributed by atoms with E-state index in [4.69, 9.17) is 20.3 Å². The Balaban J connectivity index is 0.000000359. The molecule has 0 aliphatic rings. The van der Waals surface area contributed by atoms with Crippen molar-refractivity contribution in [3.05, 3.63) is 135 Å². The van der Waals surface area contributed by atoms with Gasteiger partial charge in [-0.2, -0.15) is 0 Å². The Bertz CT molecular complexity index is 1740. The molecular formula is C33H32N4O6. The van der Waals surface area contributed by atoms with Gasteiger partial charge in [0.15, 0.2) is 0 Å². The second-order valence-electron chi connectivity index (χ2n) is 9.50. The van der Waals surface area contributed by atoms with Gasteiger partial charge in [0.25, 0.3) is 11.5 Å². The average molecular weight is 581 g/mol. The maximum atomic E-state index is 13.0. The monoisotopic (exact) mass is 580 g/mol. The fourth-order valence-electron chi connectivity index (χ4n) is 4.19. The van der Waals surface area contributed by atoms with Crippen molar-refractivity contribution < 1.29 is 24.2 Å². The number of fused-ring (bicyclic) bond motifs is 1. The van der Waals surface area contributed by atoms with Gasteiger partial charge in [-0.15, -0.1) is 0 Å².